The molecule has 1 aliphatic carbocycles. The van der Waals surface area contributed by atoms with Crippen molar-refractivity contribution in [1.82, 2.24) is 19.3 Å². The van der Waals surface area contributed by atoms with E-state index in [1.165, 1.54) is 31.7 Å². The Labute approximate surface area is 197 Å². The summed E-state index contributed by atoms with van der Waals surface area (Å²) in [6, 6.07) is 14.9. The van der Waals surface area contributed by atoms with Crippen LogP contribution in [0.1, 0.15) is 31.2 Å². The van der Waals surface area contributed by atoms with Gasteiger partial charge < -0.3 is 4.57 Å². The van der Waals surface area contributed by atoms with E-state index in [1.54, 1.807) is 12.1 Å². The Balaban J connectivity index is 1.57. The largest absolute Gasteiger partial charge is 0.346 e. The van der Waals surface area contributed by atoms with E-state index in [9.17, 15) is 5.26 Å². The van der Waals surface area contributed by atoms with Crippen LogP contribution in [0.25, 0.3) is 44.2 Å². The highest BCUT2D eigenvalue weighted by Gasteiger charge is 2.21. The van der Waals surface area contributed by atoms with E-state index < -0.39 is 5.82 Å². The summed E-state index contributed by atoms with van der Waals surface area (Å²) >= 11 is 0. The quantitative estimate of drug-likeness (QED) is 0.316. The summed E-state index contributed by atoms with van der Waals surface area (Å²) in [6.07, 6.45) is 11.0. The maximum Gasteiger partial charge on any atom is 0.132 e. The second kappa shape index (κ2) is 8.11. The first-order chi connectivity index (χ1) is 16.6. The summed E-state index contributed by atoms with van der Waals surface area (Å²) in [6.45, 7) is 0.960. The van der Waals surface area contributed by atoms with Crippen molar-refractivity contribution in [2.45, 2.75) is 32.2 Å². The van der Waals surface area contributed by atoms with E-state index in [1.807, 2.05) is 42.3 Å². The highest BCUT2D eigenvalue weighted by molar-refractivity contribution is 6.02. The SMILES string of the molecule is Cn1ncc2cc(-c3ncc4c(ccn4CC4CCCC4)c3-c3ccc(C#N)cc3F)ccc21. The minimum Gasteiger partial charge on any atom is -0.346 e. The minimum atomic E-state index is -0.416. The van der Waals surface area contributed by atoms with Crippen LogP contribution >= 0.6 is 0 Å². The molecule has 0 N–H and O–H groups in total. The molecule has 0 aliphatic heterocycles. The molecule has 5 aromatic rings. The van der Waals surface area contributed by atoms with Crippen molar-refractivity contribution in [3.05, 3.63) is 72.4 Å². The highest BCUT2D eigenvalue weighted by atomic mass is 19.1. The average Bonchev–Trinajstić information content (AvgIpc) is 3.60. The molecule has 0 amide bonds. The third kappa shape index (κ3) is 3.36. The van der Waals surface area contributed by atoms with Crippen LogP contribution in [-0.4, -0.2) is 19.3 Å². The predicted octanol–water partition coefficient (Wildman–Crippen LogP) is 6.46. The van der Waals surface area contributed by atoms with Crippen LogP contribution in [0.15, 0.2) is 61.1 Å². The maximum absolute atomic E-state index is 15.3. The Morgan fingerprint density at radius 2 is 1.91 bits per heavy atom. The number of aryl methyl sites for hydroxylation is 1. The summed E-state index contributed by atoms with van der Waals surface area (Å²) in [4.78, 5) is 4.88. The smallest absolute Gasteiger partial charge is 0.132 e. The van der Waals surface area contributed by atoms with Gasteiger partial charge in [-0.05, 0) is 49.1 Å². The number of rotatable bonds is 4. The van der Waals surface area contributed by atoms with E-state index >= 15 is 4.39 Å². The van der Waals surface area contributed by atoms with E-state index in [2.05, 4.69) is 28.0 Å². The van der Waals surface area contributed by atoms with Gasteiger partial charge in [0.05, 0.1) is 40.8 Å². The van der Waals surface area contributed by atoms with E-state index in [4.69, 9.17) is 4.98 Å². The minimum absolute atomic E-state index is 0.304. The van der Waals surface area contributed by atoms with Gasteiger partial charge in [0.2, 0.25) is 0 Å². The number of hydrogen-bond acceptors (Lipinski definition) is 3. The van der Waals surface area contributed by atoms with Crippen LogP contribution in [-0.2, 0) is 13.6 Å². The standard InChI is InChI=1S/C28H24FN5/c1-33-25-9-7-20(13-21(25)15-32-33)28-27(22-8-6-19(14-30)12-24(22)29)23-10-11-34(26(23)16-31-28)17-18-4-2-3-5-18/h6-13,15-16,18H,2-5,17H2,1H3. The lowest BCUT2D eigenvalue weighted by Gasteiger charge is -2.15. The molecule has 34 heavy (non-hydrogen) atoms. The first kappa shape index (κ1) is 20.6. The number of benzene rings is 2. The molecule has 3 aromatic heterocycles. The third-order valence-corrected chi connectivity index (χ3v) is 7.15. The topological polar surface area (TPSA) is 59.4 Å². The molecule has 6 rings (SSSR count). The molecule has 0 bridgehead atoms. The molecule has 168 valence electrons. The maximum atomic E-state index is 15.3. The summed E-state index contributed by atoms with van der Waals surface area (Å²) in [7, 11) is 1.91. The Hall–Kier alpha value is -3.98. The fraction of sp³-hybridized carbons (Fsp3) is 0.250. The lowest BCUT2D eigenvalue weighted by atomic mass is 9.94. The van der Waals surface area contributed by atoms with Gasteiger partial charge in [-0.3, -0.25) is 9.67 Å². The van der Waals surface area contributed by atoms with Gasteiger partial charge in [0.15, 0.2) is 0 Å². The Bertz CT molecular complexity index is 1580. The molecule has 1 fully saturated rings. The van der Waals surface area contributed by atoms with Crippen LogP contribution < -0.4 is 0 Å². The highest BCUT2D eigenvalue weighted by Crippen LogP contribution is 2.39. The molecule has 5 nitrogen and oxygen atoms in total. The number of hydrogen-bond donors (Lipinski definition) is 0. The summed E-state index contributed by atoms with van der Waals surface area (Å²) in [5, 5.41) is 15.6. The van der Waals surface area contributed by atoms with Gasteiger partial charge in [0.1, 0.15) is 5.82 Å². The molecule has 0 atom stereocenters. The Morgan fingerprint density at radius 3 is 2.71 bits per heavy atom. The molecule has 0 unspecified atom stereocenters. The predicted molar refractivity (Wildman–Crippen MR) is 132 cm³/mol. The van der Waals surface area contributed by atoms with Crippen LogP contribution in [0.4, 0.5) is 4.39 Å². The van der Waals surface area contributed by atoms with E-state index in [0.29, 0.717) is 17.0 Å². The first-order valence-electron chi connectivity index (χ1n) is 11.7. The second-order valence-electron chi connectivity index (χ2n) is 9.25. The fourth-order valence-corrected chi connectivity index (χ4v) is 5.38. The van der Waals surface area contributed by atoms with Crippen molar-refractivity contribution in [2.24, 2.45) is 13.0 Å². The lowest BCUT2D eigenvalue weighted by molar-refractivity contribution is 0.466. The number of fused-ring (bicyclic) bond motifs is 2. The normalized spacial score (nSPS) is 14.3. The summed E-state index contributed by atoms with van der Waals surface area (Å²) in [5.41, 5.74) is 5.18. The zero-order chi connectivity index (χ0) is 23.2. The summed E-state index contributed by atoms with van der Waals surface area (Å²) < 4.78 is 19.4. The zero-order valence-corrected chi connectivity index (χ0v) is 19.0. The molecule has 2 aromatic carbocycles. The number of pyridine rings is 1. The fourth-order valence-electron chi connectivity index (χ4n) is 5.38. The molecule has 0 radical (unpaired) electrons. The van der Waals surface area contributed by atoms with Gasteiger partial charge in [0.25, 0.3) is 0 Å². The van der Waals surface area contributed by atoms with Crippen LogP contribution in [0.2, 0.25) is 0 Å². The molecule has 6 heteroatoms. The van der Waals surface area contributed by atoms with Crippen LogP contribution in [0.3, 0.4) is 0 Å². The van der Waals surface area contributed by atoms with E-state index in [0.717, 1.165) is 45.2 Å². The van der Waals surface area contributed by atoms with Crippen LogP contribution in [0.5, 0.6) is 0 Å². The molecule has 0 saturated heterocycles. The van der Waals surface area contributed by atoms with Crippen molar-refractivity contribution in [3.63, 3.8) is 0 Å². The van der Waals surface area contributed by atoms with Crippen molar-refractivity contribution in [1.29, 1.82) is 5.26 Å². The molecular weight excluding hydrogens is 425 g/mol. The van der Waals surface area contributed by atoms with Crippen molar-refractivity contribution in [2.75, 3.05) is 0 Å². The van der Waals surface area contributed by atoms with Crippen molar-refractivity contribution < 1.29 is 4.39 Å². The Morgan fingerprint density at radius 1 is 1.06 bits per heavy atom. The number of halogens is 1. The Kier molecular flexibility index (Phi) is 4.91. The van der Waals surface area contributed by atoms with Crippen molar-refractivity contribution in [3.8, 4) is 28.5 Å². The molecular formula is C28H24FN5. The van der Waals surface area contributed by atoms with Gasteiger partial charge in [-0.25, -0.2) is 4.39 Å². The molecule has 3 heterocycles. The van der Waals surface area contributed by atoms with E-state index in [-0.39, 0.29) is 0 Å². The molecule has 1 aliphatic rings. The lowest BCUT2D eigenvalue weighted by Crippen LogP contribution is -2.06. The molecule has 0 spiro atoms. The second-order valence-corrected chi connectivity index (χ2v) is 9.25. The van der Waals surface area contributed by atoms with Gasteiger partial charge >= 0.3 is 0 Å². The van der Waals surface area contributed by atoms with Gasteiger partial charge in [0, 0.05) is 47.3 Å². The first-order valence-corrected chi connectivity index (χ1v) is 11.7. The summed E-state index contributed by atoms with van der Waals surface area (Å²) in [5.74, 6) is 0.263. The molecule has 1 saturated carbocycles. The number of nitrogens with zero attached hydrogens (tertiary/aromatic N) is 5. The number of nitriles is 1. The monoisotopic (exact) mass is 449 g/mol. The zero-order valence-electron chi connectivity index (χ0n) is 19.0. The van der Waals surface area contributed by atoms with Crippen LogP contribution in [0, 0.1) is 23.1 Å². The average molecular weight is 450 g/mol. The third-order valence-electron chi connectivity index (χ3n) is 7.15. The van der Waals surface area contributed by atoms with Gasteiger partial charge in [-0.1, -0.05) is 25.0 Å². The van der Waals surface area contributed by atoms with Gasteiger partial charge in [-0.15, -0.1) is 0 Å². The van der Waals surface area contributed by atoms with Gasteiger partial charge in [-0.2, -0.15) is 10.4 Å². The number of aromatic nitrogens is 4. The van der Waals surface area contributed by atoms with Crippen molar-refractivity contribution >= 4 is 21.8 Å².